The molecule has 9 nitrogen and oxygen atoms in total. The molecule has 1 aromatic carbocycles. The summed E-state index contributed by atoms with van der Waals surface area (Å²) in [5.74, 6) is -2.29. The van der Waals surface area contributed by atoms with Crippen LogP contribution in [-0.4, -0.2) is 49.7 Å². The summed E-state index contributed by atoms with van der Waals surface area (Å²) in [7, 11) is 1.19. The first-order valence-corrected chi connectivity index (χ1v) is 7.47. The van der Waals surface area contributed by atoms with Crippen LogP contribution in [0.25, 0.3) is 0 Å². The number of methoxy groups -OCH3 is 1. The third-order valence-electron chi connectivity index (χ3n) is 3.26. The number of carbonyl (C=O) groups is 4. The number of amides is 2. The van der Waals surface area contributed by atoms with Gasteiger partial charge in [-0.25, -0.2) is 9.80 Å². The lowest BCUT2D eigenvalue weighted by atomic mass is 10.1. The fourth-order valence-electron chi connectivity index (χ4n) is 1.98. The van der Waals surface area contributed by atoms with E-state index in [0.29, 0.717) is 5.69 Å². The van der Waals surface area contributed by atoms with Crippen molar-refractivity contribution in [2.24, 2.45) is 5.10 Å². The zero-order valence-electron chi connectivity index (χ0n) is 13.6. The number of hydrogen-bond acceptors (Lipinski definition) is 7. The number of hydrazone groups is 1. The SMILES string of the molecule is COC(=O)CNC(=O)COC(=O)C1=NN(c2ccccc2)C(=O)CC1. The van der Waals surface area contributed by atoms with Gasteiger partial charge in [0.1, 0.15) is 12.3 Å². The molecule has 25 heavy (non-hydrogen) atoms. The molecule has 0 radical (unpaired) electrons. The van der Waals surface area contributed by atoms with Crippen LogP contribution in [-0.2, 0) is 28.7 Å². The van der Waals surface area contributed by atoms with Crippen molar-refractivity contribution in [1.82, 2.24) is 5.32 Å². The van der Waals surface area contributed by atoms with E-state index in [2.05, 4.69) is 15.2 Å². The largest absolute Gasteiger partial charge is 0.468 e. The van der Waals surface area contributed by atoms with Gasteiger partial charge in [0.2, 0.25) is 5.91 Å². The van der Waals surface area contributed by atoms with Crippen molar-refractivity contribution < 1.29 is 28.7 Å². The van der Waals surface area contributed by atoms with Crippen LogP contribution in [0.3, 0.4) is 0 Å². The number of anilines is 1. The van der Waals surface area contributed by atoms with Gasteiger partial charge in [0, 0.05) is 12.8 Å². The van der Waals surface area contributed by atoms with Crippen molar-refractivity contribution in [1.29, 1.82) is 0 Å². The lowest BCUT2D eigenvalue weighted by Gasteiger charge is -2.22. The Labute approximate surface area is 143 Å². The van der Waals surface area contributed by atoms with Gasteiger partial charge in [0.25, 0.3) is 5.91 Å². The van der Waals surface area contributed by atoms with Crippen LogP contribution in [0.1, 0.15) is 12.8 Å². The summed E-state index contributed by atoms with van der Waals surface area (Å²) in [6.07, 6.45) is 0.238. The number of carbonyl (C=O) groups excluding carboxylic acids is 4. The molecule has 2 rings (SSSR count). The van der Waals surface area contributed by atoms with Gasteiger partial charge in [-0.2, -0.15) is 5.10 Å². The molecule has 1 N–H and O–H groups in total. The highest BCUT2D eigenvalue weighted by atomic mass is 16.5. The Kier molecular flexibility index (Phi) is 6.21. The number of esters is 2. The van der Waals surface area contributed by atoms with Gasteiger partial charge in [-0.15, -0.1) is 0 Å². The van der Waals surface area contributed by atoms with E-state index in [4.69, 9.17) is 4.74 Å². The van der Waals surface area contributed by atoms with Gasteiger partial charge >= 0.3 is 11.9 Å². The number of nitrogens with zero attached hydrogens (tertiary/aromatic N) is 2. The first kappa shape index (κ1) is 18.1. The molecule has 0 saturated carbocycles. The molecule has 0 aromatic heterocycles. The molecule has 0 aliphatic carbocycles. The highest BCUT2D eigenvalue weighted by Gasteiger charge is 2.26. The Balaban J connectivity index is 1.93. The van der Waals surface area contributed by atoms with Crippen LogP contribution in [0.15, 0.2) is 35.4 Å². The maximum atomic E-state index is 12.0. The number of hydrogen-bond donors (Lipinski definition) is 1. The van der Waals surface area contributed by atoms with Crippen LogP contribution < -0.4 is 10.3 Å². The fraction of sp³-hybridized carbons (Fsp3) is 0.312. The van der Waals surface area contributed by atoms with Crippen molar-refractivity contribution in [3.05, 3.63) is 30.3 Å². The topological polar surface area (TPSA) is 114 Å². The van der Waals surface area contributed by atoms with Crippen LogP contribution in [0.5, 0.6) is 0 Å². The third kappa shape index (κ3) is 5.13. The summed E-state index contributed by atoms with van der Waals surface area (Å²) in [6.45, 7) is -0.877. The predicted octanol–water partition coefficient (Wildman–Crippen LogP) is 0.00180. The first-order chi connectivity index (χ1) is 12.0. The molecule has 0 spiro atoms. The summed E-state index contributed by atoms with van der Waals surface area (Å²) in [4.78, 5) is 46.4. The number of benzene rings is 1. The van der Waals surface area contributed by atoms with Gasteiger partial charge in [0.05, 0.1) is 12.8 Å². The quantitative estimate of drug-likeness (QED) is 0.725. The number of nitrogens with one attached hydrogen (secondary N) is 1. The minimum atomic E-state index is -0.790. The average Bonchev–Trinajstić information content (AvgIpc) is 2.65. The van der Waals surface area contributed by atoms with Crippen molar-refractivity contribution in [2.75, 3.05) is 25.3 Å². The van der Waals surface area contributed by atoms with Crippen molar-refractivity contribution in [2.45, 2.75) is 12.8 Å². The van der Waals surface area contributed by atoms with Crippen LogP contribution in [0, 0.1) is 0 Å². The monoisotopic (exact) mass is 347 g/mol. The molecule has 1 aliphatic rings. The van der Waals surface area contributed by atoms with Gasteiger partial charge < -0.3 is 14.8 Å². The van der Waals surface area contributed by atoms with Crippen molar-refractivity contribution in [3.8, 4) is 0 Å². The number of para-hydroxylation sites is 1. The van der Waals surface area contributed by atoms with E-state index < -0.39 is 24.5 Å². The summed E-state index contributed by atoms with van der Waals surface area (Å²) in [6, 6.07) is 8.67. The first-order valence-electron chi connectivity index (χ1n) is 7.47. The summed E-state index contributed by atoms with van der Waals surface area (Å²) in [5.41, 5.74) is 0.581. The van der Waals surface area contributed by atoms with E-state index in [9.17, 15) is 19.2 Å². The molecule has 0 atom stereocenters. The van der Waals surface area contributed by atoms with E-state index in [1.807, 2.05) is 0 Å². The molecular weight excluding hydrogens is 330 g/mol. The molecule has 0 fully saturated rings. The summed E-state index contributed by atoms with van der Waals surface area (Å²) in [5, 5.41) is 7.39. The second-order valence-electron chi connectivity index (χ2n) is 5.02. The molecule has 1 aromatic rings. The Hall–Kier alpha value is -3.23. The Morgan fingerprint density at radius 1 is 1.20 bits per heavy atom. The zero-order chi connectivity index (χ0) is 18.2. The molecule has 9 heteroatoms. The highest BCUT2D eigenvalue weighted by molar-refractivity contribution is 6.38. The van der Waals surface area contributed by atoms with Crippen LogP contribution >= 0.6 is 0 Å². The maximum Gasteiger partial charge on any atom is 0.355 e. The van der Waals surface area contributed by atoms with E-state index in [1.165, 1.54) is 7.11 Å². The molecule has 0 saturated heterocycles. The van der Waals surface area contributed by atoms with E-state index in [0.717, 1.165) is 5.01 Å². The van der Waals surface area contributed by atoms with E-state index in [-0.39, 0.29) is 31.0 Å². The molecular formula is C16H17N3O6. The van der Waals surface area contributed by atoms with E-state index >= 15 is 0 Å². The molecule has 1 heterocycles. The normalized spacial score (nSPS) is 13.7. The van der Waals surface area contributed by atoms with Gasteiger partial charge in [-0.3, -0.25) is 14.4 Å². The molecule has 2 amide bonds. The summed E-state index contributed by atoms with van der Waals surface area (Å²) >= 11 is 0. The standard InChI is InChI=1S/C16H17N3O6/c1-24-15(22)9-17-13(20)10-25-16(23)12-7-8-14(21)19(18-12)11-5-3-2-4-6-11/h2-6H,7-10H2,1H3,(H,17,20). The molecule has 1 aliphatic heterocycles. The Morgan fingerprint density at radius 2 is 1.92 bits per heavy atom. The van der Waals surface area contributed by atoms with Crippen molar-refractivity contribution in [3.63, 3.8) is 0 Å². The minimum Gasteiger partial charge on any atom is -0.468 e. The van der Waals surface area contributed by atoms with Gasteiger partial charge in [0.15, 0.2) is 6.61 Å². The predicted molar refractivity (Wildman–Crippen MR) is 86.6 cm³/mol. The molecule has 0 unspecified atom stereocenters. The minimum absolute atomic E-state index is 0.0456. The smallest absolute Gasteiger partial charge is 0.355 e. The Morgan fingerprint density at radius 3 is 2.60 bits per heavy atom. The van der Waals surface area contributed by atoms with Gasteiger partial charge in [-0.05, 0) is 12.1 Å². The lowest BCUT2D eigenvalue weighted by Crippen LogP contribution is -2.37. The second-order valence-corrected chi connectivity index (χ2v) is 5.02. The highest BCUT2D eigenvalue weighted by Crippen LogP contribution is 2.19. The second kappa shape index (κ2) is 8.57. The van der Waals surface area contributed by atoms with Gasteiger partial charge in [-0.1, -0.05) is 18.2 Å². The van der Waals surface area contributed by atoms with Crippen molar-refractivity contribution >= 4 is 35.2 Å². The number of rotatable bonds is 6. The average molecular weight is 347 g/mol. The Bertz CT molecular complexity index is 701. The zero-order valence-corrected chi connectivity index (χ0v) is 13.6. The fourth-order valence-corrected chi connectivity index (χ4v) is 1.98. The van der Waals surface area contributed by atoms with Crippen LogP contribution in [0.2, 0.25) is 0 Å². The van der Waals surface area contributed by atoms with E-state index in [1.54, 1.807) is 30.3 Å². The number of ether oxygens (including phenoxy) is 2. The maximum absolute atomic E-state index is 12.0. The summed E-state index contributed by atoms with van der Waals surface area (Å²) < 4.78 is 9.22. The third-order valence-corrected chi connectivity index (χ3v) is 3.26. The molecule has 132 valence electrons. The van der Waals surface area contributed by atoms with Crippen LogP contribution in [0.4, 0.5) is 5.69 Å². The molecule has 0 bridgehead atoms. The lowest BCUT2D eigenvalue weighted by molar-refractivity contribution is -0.144.